The Kier molecular flexibility index (Phi) is 3.22. The van der Waals surface area contributed by atoms with Crippen LogP contribution in [0.5, 0.6) is 0 Å². The van der Waals surface area contributed by atoms with Crippen LogP contribution in [0.2, 0.25) is 0 Å². The van der Waals surface area contributed by atoms with Gasteiger partial charge in [0.2, 0.25) is 5.12 Å². The highest BCUT2D eigenvalue weighted by Crippen LogP contribution is 2.39. The molecule has 0 spiro atoms. The molecule has 96 valence electrons. The van der Waals surface area contributed by atoms with E-state index in [2.05, 4.69) is 36.2 Å². The van der Waals surface area contributed by atoms with Crippen LogP contribution in [0.1, 0.15) is 21.5 Å². The van der Waals surface area contributed by atoms with Gasteiger partial charge in [-0.05, 0) is 24.6 Å². The van der Waals surface area contributed by atoms with Crippen LogP contribution in [-0.4, -0.2) is 10.7 Å². The number of para-hydroxylation sites is 1. The minimum Gasteiger partial charge on any atom is -0.283 e. The second-order valence-electron chi connectivity index (χ2n) is 4.68. The third kappa shape index (κ3) is 2.47. The first-order valence-corrected chi connectivity index (χ1v) is 7.83. The summed E-state index contributed by atoms with van der Waals surface area (Å²) in [5.74, 6) is 0.784. The van der Waals surface area contributed by atoms with Gasteiger partial charge in [0.25, 0.3) is 0 Å². The first-order chi connectivity index (χ1) is 9.24. The summed E-state index contributed by atoms with van der Waals surface area (Å²) < 4.78 is 0. The molecule has 2 nitrogen and oxygen atoms in total. The fourth-order valence-electron chi connectivity index (χ4n) is 2.11. The zero-order valence-electron chi connectivity index (χ0n) is 10.7. The average molecular weight is 269 g/mol. The fraction of sp³-hybridized carbons (Fsp3) is 0.125. The number of aryl methyl sites for hydroxylation is 1. The van der Waals surface area contributed by atoms with Crippen LogP contribution in [0.3, 0.4) is 0 Å². The maximum Gasteiger partial charge on any atom is 0.207 e. The molecular formula is C16H15NOS. The molecule has 3 heteroatoms. The van der Waals surface area contributed by atoms with E-state index in [1.807, 2.05) is 29.8 Å². The number of benzene rings is 2. The summed E-state index contributed by atoms with van der Waals surface area (Å²) >= 11 is 0. The molecule has 2 aromatic rings. The van der Waals surface area contributed by atoms with Gasteiger partial charge in [0, 0.05) is 11.3 Å². The fourth-order valence-corrected chi connectivity index (χ4v) is 3.81. The highest BCUT2D eigenvalue weighted by atomic mass is 32.2. The van der Waals surface area contributed by atoms with E-state index >= 15 is 0 Å². The van der Waals surface area contributed by atoms with E-state index in [1.165, 1.54) is 11.1 Å². The van der Waals surface area contributed by atoms with E-state index in [4.69, 9.17) is 0 Å². The van der Waals surface area contributed by atoms with Gasteiger partial charge in [-0.2, -0.15) is 0 Å². The minimum absolute atomic E-state index is 0.237. The molecule has 1 unspecified atom stereocenters. The smallest absolute Gasteiger partial charge is 0.207 e. The molecule has 0 aromatic heterocycles. The third-order valence-corrected chi connectivity index (χ3v) is 5.07. The molecule has 19 heavy (non-hydrogen) atoms. The molecule has 1 aliphatic heterocycles. The first-order valence-electron chi connectivity index (χ1n) is 6.24. The van der Waals surface area contributed by atoms with Gasteiger partial charge in [0.1, 0.15) is 0 Å². The molecule has 1 aliphatic rings. The molecule has 0 fully saturated rings. The summed E-state index contributed by atoms with van der Waals surface area (Å²) in [6, 6.07) is 15.9. The lowest BCUT2D eigenvalue weighted by Gasteiger charge is -2.20. The van der Waals surface area contributed by atoms with Gasteiger partial charge in [-0.3, -0.25) is 9.79 Å². The molecule has 3 rings (SSSR count). The van der Waals surface area contributed by atoms with Crippen molar-refractivity contribution in [3.8, 4) is 0 Å². The third-order valence-electron chi connectivity index (χ3n) is 3.21. The summed E-state index contributed by atoms with van der Waals surface area (Å²) in [6.45, 7) is 2.07. The van der Waals surface area contributed by atoms with E-state index in [0.29, 0.717) is 0 Å². The van der Waals surface area contributed by atoms with Crippen LogP contribution in [0, 0.1) is 6.92 Å². The van der Waals surface area contributed by atoms with E-state index in [1.54, 1.807) is 0 Å². The summed E-state index contributed by atoms with van der Waals surface area (Å²) in [5, 5.41) is 0.237. The lowest BCUT2D eigenvalue weighted by molar-refractivity contribution is 0.108. The normalized spacial score (nSPS) is 19.2. The predicted molar refractivity (Wildman–Crippen MR) is 82.8 cm³/mol. The van der Waals surface area contributed by atoms with Gasteiger partial charge in [0.05, 0.1) is 11.3 Å². The van der Waals surface area contributed by atoms with Gasteiger partial charge in [-0.25, -0.2) is 0 Å². The van der Waals surface area contributed by atoms with E-state index in [-0.39, 0.29) is 5.12 Å². The topological polar surface area (TPSA) is 29.4 Å². The maximum absolute atomic E-state index is 12.4. The van der Waals surface area contributed by atoms with Crippen molar-refractivity contribution in [3.63, 3.8) is 0 Å². The van der Waals surface area contributed by atoms with Crippen molar-refractivity contribution in [3.05, 3.63) is 65.2 Å². The summed E-state index contributed by atoms with van der Waals surface area (Å²) in [6.07, 6.45) is 0. The van der Waals surface area contributed by atoms with Crippen molar-refractivity contribution in [2.75, 3.05) is 0 Å². The number of hydrogen-bond donors (Lipinski definition) is 1. The highest BCUT2D eigenvalue weighted by molar-refractivity contribution is 8.39. The van der Waals surface area contributed by atoms with Crippen LogP contribution >= 0.6 is 10.9 Å². The van der Waals surface area contributed by atoms with E-state index in [0.717, 1.165) is 17.0 Å². The van der Waals surface area contributed by atoms with Crippen molar-refractivity contribution < 1.29 is 4.79 Å². The Morgan fingerprint density at radius 1 is 1.05 bits per heavy atom. The molecule has 1 atom stereocenters. The van der Waals surface area contributed by atoms with Crippen LogP contribution in [-0.2, 0) is 5.75 Å². The molecule has 0 aliphatic carbocycles. The maximum atomic E-state index is 12.4. The lowest BCUT2D eigenvalue weighted by Crippen LogP contribution is -2.07. The Labute approximate surface area is 115 Å². The monoisotopic (exact) mass is 269 g/mol. The standard InChI is InChI=1S/C16H15NOS/c1-12-6-8-13(9-7-12)10-19-11-17-15-5-3-2-4-14(15)16(19)18/h2-9,11,19H,10H2,1H3. The first kappa shape index (κ1) is 12.2. The number of rotatable bonds is 2. The second-order valence-corrected chi connectivity index (χ2v) is 6.57. The predicted octanol–water partition coefficient (Wildman–Crippen LogP) is 4.01. The zero-order chi connectivity index (χ0) is 13.2. The molecular weight excluding hydrogens is 254 g/mol. The van der Waals surface area contributed by atoms with Crippen molar-refractivity contribution in [1.29, 1.82) is 0 Å². The molecule has 1 heterocycles. The number of carbonyl (C=O) groups is 1. The Hall–Kier alpha value is -1.87. The summed E-state index contributed by atoms with van der Waals surface area (Å²) in [4.78, 5) is 16.8. The van der Waals surface area contributed by atoms with Gasteiger partial charge in [-0.1, -0.05) is 42.0 Å². The zero-order valence-corrected chi connectivity index (χ0v) is 11.6. The second kappa shape index (κ2) is 5.02. The molecule has 2 aromatic carbocycles. The quantitative estimate of drug-likeness (QED) is 0.820. The van der Waals surface area contributed by atoms with Gasteiger partial charge in [-0.15, -0.1) is 10.9 Å². The molecule has 0 bridgehead atoms. The van der Waals surface area contributed by atoms with Crippen LogP contribution < -0.4 is 0 Å². The number of carbonyl (C=O) groups excluding carboxylic acids is 1. The van der Waals surface area contributed by atoms with Crippen molar-refractivity contribution in [2.45, 2.75) is 12.7 Å². The number of fused-ring (bicyclic) bond motifs is 1. The van der Waals surface area contributed by atoms with Crippen LogP contribution in [0.4, 0.5) is 5.69 Å². The van der Waals surface area contributed by atoms with Crippen molar-refractivity contribution in [1.82, 2.24) is 0 Å². The largest absolute Gasteiger partial charge is 0.283 e. The Bertz CT molecular complexity index is 646. The van der Waals surface area contributed by atoms with Crippen molar-refractivity contribution >= 4 is 27.2 Å². The van der Waals surface area contributed by atoms with Gasteiger partial charge in [0.15, 0.2) is 0 Å². The molecule has 0 radical (unpaired) electrons. The van der Waals surface area contributed by atoms with Crippen molar-refractivity contribution in [2.24, 2.45) is 4.99 Å². The van der Waals surface area contributed by atoms with E-state index in [9.17, 15) is 4.79 Å². The number of nitrogens with zero attached hydrogens (tertiary/aromatic N) is 1. The molecule has 0 saturated carbocycles. The summed E-state index contributed by atoms with van der Waals surface area (Å²) in [5.41, 5.74) is 5.86. The van der Waals surface area contributed by atoms with Crippen LogP contribution in [0.25, 0.3) is 0 Å². The Morgan fingerprint density at radius 2 is 1.79 bits per heavy atom. The lowest BCUT2D eigenvalue weighted by atomic mass is 10.2. The molecule has 0 amide bonds. The van der Waals surface area contributed by atoms with Gasteiger partial charge >= 0.3 is 0 Å². The van der Waals surface area contributed by atoms with Gasteiger partial charge < -0.3 is 0 Å². The Morgan fingerprint density at radius 3 is 2.58 bits per heavy atom. The molecule has 0 saturated heterocycles. The summed E-state index contributed by atoms with van der Waals surface area (Å²) in [7, 11) is -0.836. The number of aliphatic imine (C=N–C) groups is 1. The van der Waals surface area contributed by atoms with Crippen LogP contribution in [0.15, 0.2) is 53.5 Å². The SMILES string of the molecule is Cc1ccc(C[SH]2C=Nc3ccccc3C2=O)cc1. The Balaban J connectivity index is 1.85. The number of hydrogen-bond acceptors (Lipinski definition) is 2. The highest BCUT2D eigenvalue weighted by Gasteiger charge is 2.21. The van der Waals surface area contributed by atoms with E-state index < -0.39 is 10.9 Å². The average Bonchev–Trinajstić information content (AvgIpc) is 2.45. The minimum atomic E-state index is -0.836. The molecule has 0 N–H and O–H groups in total. The number of thiol groups is 1.